The Bertz CT molecular complexity index is 914. The molecular weight excluding hydrogens is 422 g/mol. The topological polar surface area (TPSA) is 58.8 Å². The van der Waals surface area contributed by atoms with Crippen LogP contribution in [0.3, 0.4) is 0 Å². The first-order valence-corrected chi connectivity index (χ1v) is 12.6. The SMILES string of the molecule is CCC(C)C(N)C(=O)N1CCC(N(CC=C(C)C)c2ccc(OCc3ccccc3)cc2)CC1. The highest BCUT2D eigenvalue weighted by Crippen LogP contribution is 2.27. The molecule has 0 aromatic heterocycles. The Labute approximate surface area is 205 Å². The molecule has 1 saturated heterocycles. The fourth-order valence-electron chi connectivity index (χ4n) is 4.33. The van der Waals surface area contributed by atoms with E-state index in [0.29, 0.717) is 12.6 Å². The summed E-state index contributed by atoms with van der Waals surface area (Å²) in [6.45, 7) is 11.4. The molecule has 2 N–H and O–H groups in total. The Morgan fingerprint density at radius 2 is 1.76 bits per heavy atom. The smallest absolute Gasteiger partial charge is 0.239 e. The molecule has 3 rings (SSSR count). The number of benzene rings is 2. The van der Waals surface area contributed by atoms with E-state index in [1.165, 1.54) is 11.3 Å². The van der Waals surface area contributed by atoms with Crippen molar-refractivity contribution in [1.29, 1.82) is 0 Å². The number of ether oxygens (including phenoxy) is 1. The van der Waals surface area contributed by atoms with Gasteiger partial charge in [0, 0.05) is 31.4 Å². The molecule has 0 bridgehead atoms. The van der Waals surface area contributed by atoms with E-state index in [2.05, 4.69) is 75.1 Å². The van der Waals surface area contributed by atoms with Crippen LogP contribution >= 0.6 is 0 Å². The number of likely N-dealkylation sites (tertiary alicyclic amines) is 1. The highest BCUT2D eigenvalue weighted by Gasteiger charge is 2.30. The summed E-state index contributed by atoms with van der Waals surface area (Å²) < 4.78 is 5.98. The molecule has 1 aliphatic rings. The lowest BCUT2D eigenvalue weighted by Gasteiger charge is -2.40. The number of rotatable bonds is 10. The second-order valence-electron chi connectivity index (χ2n) is 9.67. The fourth-order valence-corrected chi connectivity index (χ4v) is 4.33. The van der Waals surface area contributed by atoms with Crippen LogP contribution in [-0.4, -0.2) is 42.5 Å². The summed E-state index contributed by atoms with van der Waals surface area (Å²) in [6, 6.07) is 18.6. The zero-order valence-electron chi connectivity index (χ0n) is 21.2. The van der Waals surface area contributed by atoms with Gasteiger partial charge in [0.05, 0.1) is 6.04 Å². The van der Waals surface area contributed by atoms with Crippen molar-refractivity contribution >= 4 is 11.6 Å². The van der Waals surface area contributed by atoms with E-state index in [1.807, 2.05) is 23.1 Å². The number of anilines is 1. The van der Waals surface area contributed by atoms with Gasteiger partial charge in [-0.1, -0.05) is 62.2 Å². The maximum atomic E-state index is 12.8. The lowest BCUT2D eigenvalue weighted by molar-refractivity contribution is -0.134. The van der Waals surface area contributed by atoms with Crippen LogP contribution in [0.1, 0.15) is 52.5 Å². The first-order chi connectivity index (χ1) is 16.4. The van der Waals surface area contributed by atoms with Gasteiger partial charge >= 0.3 is 0 Å². The van der Waals surface area contributed by atoms with Crippen LogP contribution in [0.15, 0.2) is 66.2 Å². The van der Waals surface area contributed by atoms with Crippen LogP contribution in [0.2, 0.25) is 0 Å². The number of hydrogen-bond acceptors (Lipinski definition) is 4. The molecule has 0 saturated carbocycles. The van der Waals surface area contributed by atoms with Crippen molar-refractivity contribution < 1.29 is 9.53 Å². The van der Waals surface area contributed by atoms with Gasteiger partial charge in [-0.25, -0.2) is 0 Å². The Kier molecular flexibility index (Phi) is 9.58. The summed E-state index contributed by atoms with van der Waals surface area (Å²) >= 11 is 0. The molecule has 1 heterocycles. The van der Waals surface area contributed by atoms with Crippen molar-refractivity contribution in [2.45, 2.75) is 65.6 Å². The average molecular weight is 464 g/mol. The van der Waals surface area contributed by atoms with Gasteiger partial charge in [-0.15, -0.1) is 0 Å². The quantitative estimate of drug-likeness (QED) is 0.479. The van der Waals surface area contributed by atoms with E-state index >= 15 is 0 Å². The van der Waals surface area contributed by atoms with Gasteiger partial charge in [0.2, 0.25) is 5.91 Å². The monoisotopic (exact) mass is 463 g/mol. The van der Waals surface area contributed by atoms with Crippen LogP contribution in [-0.2, 0) is 11.4 Å². The van der Waals surface area contributed by atoms with E-state index in [9.17, 15) is 4.79 Å². The van der Waals surface area contributed by atoms with Gasteiger partial charge in [-0.05, 0) is 62.4 Å². The first kappa shape index (κ1) is 25.8. The number of carbonyl (C=O) groups excluding carboxylic acids is 1. The summed E-state index contributed by atoms with van der Waals surface area (Å²) in [5, 5.41) is 0. The summed E-state index contributed by atoms with van der Waals surface area (Å²) in [5.41, 5.74) is 9.87. The first-order valence-electron chi connectivity index (χ1n) is 12.6. The normalized spacial score (nSPS) is 16.0. The molecule has 1 amide bonds. The van der Waals surface area contributed by atoms with E-state index in [-0.39, 0.29) is 11.8 Å². The van der Waals surface area contributed by atoms with E-state index in [0.717, 1.165) is 50.2 Å². The average Bonchev–Trinajstić information content (AvgIpc) is 2.87. The van der Waals surface area contributed by atoms with Crippen LogP contribution in [0.5, 0.6) is 5.75 Å². The molecule has 184 valence electrons. The summed E-state index contributed by atoms with van der Waals surface area (Å²) in [6.07, 6.45) is 5.09. The molecule has 2 aromatic carbocycles. The molecule has 0 spiro atoms. The zero-order valence-corrected chi connectivity index (χ0v) is 21.2. The Morgan fingerprint density at radius 3 is 2.35 bits per heavy atom. The molecule has 2 aromatic rings. The number of nitrogens with zero attached hydrogens (tertiary/aromatic N) is 2. The minimum Gasteiger partial charge on any atom is -0.489 e. The van der Waals surface area contributed by atoms with Crippen LogP contribution in [0.25, 0.3) is 0 Å². The summed E-state index contributed by atoms with van der Waals surface area (Å²) in [4.78, 5) is 17.3. The third kappa shape index (κ3) is 7.10. The van der Waals surface area contributed by atoms with Crippen molar-refractivity contribution in [3.05, 3.63) is 71.8 Å². The number of amides is 1. The van der Waals surface area contributed by atoms with Crippen LogP contribution in [0.4, 0.5) is 5.69 Å². The lowest BCUT2D eigenvalue weighted by Crippen LogP contribution is -2.52. The fraction of sp³-hybridized carbons (Fsp3) is 0.483. The number of piperidine rings is 1. The predicted octanol–water partition coefficient (Wildman–Crippen LogP) is 5.40. The Balaban J connectivity index is 1.64. The summed E-state index contributed by atoms with van der Waals surface area (Å²) in [5.74, 6) is 1.18. The number of nitrogens with two attached hydrogens (primary N) is 1. The summed E-state index contributed by atoms with van der Waals surface area (Å²) in [7, 11) is 0. The maximum Gasteiger partial charge on any atom is 0.239 e. The Hall–Kier alpha value is -2.79. The van der Waals surface area contributed by atoms with Gasteiger partial charge in [0.15, 0.2) is 0 Å². The molecule has 1 fully saturated rings. The molecular formula is C29H41N3O2. The zero-order chi connectivity index (χ0) is 24.5. The molecule has 5 nitrogen and oxygen atoms in total. The van der Waals surface area contributed by atoms with Crippen molar-refractivity contribution in [2.75, 3.05) is 24.5 Å². The molecule has 0 aliphatic carbocycles. The van der Waals surface area contributed by atoms with Gasteiger partial charge in [-0.2, -0.15) is 0 Å². The molecule has 1 aliphatic heterocycles. The van der Waals surface area contributed by atoms with Crippen molar-refractivity contribution in [3.8, 4) is 5.75 Å². The second-order valence-corrected chi connectivity index (χ2v) is 9.67. The standard InChI is InChI=1S/C29H41N3O2/c1-5-23(4)28(30)29(33)31-18-16-26(17-19-31)32(20-15-22(2)3)25-11-13-27(14-12-25)34-21-24-9-7-6-8-10-24/h6-15,23,26,28H,5,16-21,30H2,1-4H3. The second kappa shape index (κ2) is 12.6. The Morgan fingerprint density at radius 1 is 1.12 bits per heavy atom. The van der Waals surface area contributed by atoms with Gasteiger partial charge in [-0.3, -0.25) is 4.79 Å². The van der Waals surface area contributed by atoms with Crippen molar-refractivity contribution in [1.82, 2.24) is 4.90 Å². The predicted molar refractivity (Wildman–Crippen MR) is 141 cm³/mol. The number of hydrogen-bond donors (Lipinski definition) is 1. The van der Waals surface area contributed by atoms with Gasteiger partial charge < -0.3 is 20.3 Å². The van der Waals surface area contributed by atoms with E-state index in [1.54, 1.807) is 0 Å². The molecule has 34 heavy (non-hydrogen) atoms. The highest BCUT2D eigenvalue weighted by molar-refractivity contribution is 5.82. The lowest BCUT2D eigenvalue weighted by atomic mass is 9.96. The van der Waals surface area contributed by atoms with Gasteiger partial charge in [0.1, 0.15) is 12.4 Å². The van der Waals surface area contributed by atoms with Crippen molar-refractivity contribution in [3.63, 3.8) is 0 Å². The molecule has 5 heteroatoms. The van der Waals surface area contributed by atoms with E-state index < -0.39 is 6.04 Å². The minimum absolute atomic E-state index is 0.101. The third-order valence-electron chi connectivity index (χ3n) is 6.87. The van der Waals surface area contributed by atoms with Gasteiger partial charge in [0.25, 0.3) is 0 Å². The molecule has 2 unspecified atom stereocenters. The van der Waals surface area contributed by atoms with E-state index in [4.69, 9.17) is 10.5 Å². The largest absolute Gasteiger partial charge is 0.489 e. The third-order valence-corrected chi connectivity index (χ3v) is 6.87. The van der Waals surface area contributed by atoms with Crippen molar-refractivity contribution in [2.24, 2.45) is 11.7 Å². The number of carbonyl (C=O) groups is 1. The highest BCUT2D eigenvalue weighted by atomic mass is 16.5. The molecule has 2 atom stereocenters. The van der Waals surface area contributed by atoms with Crippen LogP contribution in [0, 0.1) is 5.92 Å². The van der Waals surface area contributed by atoms with Crippen LogP contribution < -0.4 is 15.4 Å². The maximum absolute atomic E-state index is 12.8. The number of allylic oxidation sites excluding steroid dienone is 1. The minimum atomic E-state index is -0.397. The molecule has 0 radical (unpaired) electrons.